The van der Waals surface area contributed by atoms with E-state index < -0.39 is 24.0 Å². The van der Waals surface area contributed by atoms with Crippen molar-refractivity contribution in [3.05, 3.63) is 46.1 Å². The molecule has 22 heavy (non-hydrogen) atoms. The highest BCUT2D eigenvalue weighted by Gasteiger charge is 2.39. The highest BCUT2D eigenvalue weighted by molar-refractivity contribution is 6.35. The lowest BCUT2D eigenvalue weighted by Crippen LogP contribution is -2.51. The molecule has 118 valence electrons. The van der Waals surface area contributed by atoms with Crippen molar-refractivity contribution < 1.29 is 14.3 Å². The van der Waals surface area contributed by atoms with Gasteiger partial charge >= 0.3 is 12.0 Å². The number of halogens is 2. The highest BCUT2D eigenvalue weighted by atomic mass is 35.5. The van der Waals surface area contributed by atoms with Gasteiger partial charge in [-0.15, -0.1) is 0 Å². The van der Waals surface area contributed by atoms with Gasteiger partial charge in [-0.05, 0) is 24.1 Å². The summed E-state index contributed by atoms with van der Waals surface area (Å²) in [4.78, 5) is 24.0. The lowest BCUT2D eigenvalue weighted by Gasteiger charge is -2.33. The van der Waals surface area contributed by atoms with Crippen LogP contribution in [0.15, 0.2) is 30.5 Å². The van der Waals surface area contributed by atoms with E-state index in [2.05, 4.69) is 17.2 Å². The molecule has 0 aromatic heterocycles. The fourth-order valence-electron chi connectivity index (χ4n) is 2.27. The van der Waals surface area contributed by atoms with E-state index in [1.165, 1.54) is 0 Å². The Bertz CT molecular complexity index is 619. The number of rotatable bonds is 4. The normalized spacial score (nSPS) is 21.0. The largest absolute Gasteiger partial charge is 0.465 e. The Kier molecular flexibility index (Phi) is 5.32. The Morgan fingerprint density at radius 3 is 2.77 bits per heavy atom. The maximum atomic E-state index is 12.3. The standard InChI is InChI=1S/C15H16Cl2N2O3/c1-3-6-22-14(20)12-8(2)18-15(21)19-13(12)10-5-4-9(16)7-11(10)17/h4-5,7,12-13H,2-3,6H2,1H3,(H2,18,19,21)/t12-,13+/m0/s1. The first-order valence-electron chi connectivity index (χ1n) is 6.82. The minimum Gasteiger partial charge on any atom is -0.465 e. The Hall–Kier alpha value is -1.72. The molecule has 1 aromatic carbocycles. The van der Waals surface area contributed by atoms with Crippen LogP contribution in [0, 0.1) is 5.92 Å². The van der Waals surface area contributed by atoms with E-state index in [-0.39, 0.29) is 5.70 Å². The van der Waals surface area contributed by atoms with Crippen molar-refractivity contribution in [1.29, 1.82) is 0 Å². The number of hydrogen-bond acceptors (Lipinski definition) is 3. The van der Waals surface area contributed by atoms with Crippen LogP contribution in [0.5, 0.6) is 0 Å². The molecule has 1 aliphatic heterocycles. The second-order valence-corrected chi connectivity index (χ2v) is 5.76. The second-order valence-electron chi connectivity index (χ2n) is 4.91. The minimum atomic E-state index is -0.761. The predicted molar refractivity (Wildman–Crippen MR) is 84.8 cm³/mol. The van der Waals surface area contributed by atoms with Crippen molar-refractivity contribution in [2.75, 3.05) is 6.61 Å². The van der Waals surface area contributed by atoms with Crippen LogP contribution in [0.2, 0.25) is 10.0 Å². The molecule has 2 atom stereocenters. The van der Waals surface area contributed by atoms with Crippen molar-refractivity contribution in [2.45, 2.75) is 19.4 Å². The average Bonchev–Trinajstić information content (AvgIpc) is 2.44. The number of esters is 1. The molecule has 5 nitrogen and oxygen atoms in total. The molecule has 1 heterocycles. The van der Waals surface area contributed by atoms with Crippen LogP contribution in [-0.4, -0.2) is 18.6 Å². The van der Waals surface area contributed by atoms with Crippen molar-refractivity contribution in [1.82, 2.24) is 10.6 Å². The lowest BCUT2D eigenvalue weighted by molar-refractivity contribution is -0.148. The van der Waals surface area contributed by atoms with E-state index in [0.717, 1.165) is 0 Å². The van der Waals surface area contributed by atoms with Crippen LogP contribution in [0.3, 0.4) is 0 Å². The van der Waals surface area contributed by atoms with Crippen LogP contribution in [0.4, 0.5) is 4.79 Å². The molecule has 2 rings (SSSR count). The summed E-state index contributed by atoms with van der Waals surface area (Å²) in [7, 11) is 0. The molecule has 0 spiro atoms. The molecule has 1 saturated heterocycles. The van der Waals surface area contributed by atoms with Gasteiger partial charge in [0.1, 0.15) is 5.92 Å². The van der Waals surface area contributed by atoms with Crippen molar-refractivity contribution in [2.24, 2.45) is 5.92 Å². The summed E-state index contributed by atoms with van der Waals surface area (Å²) in [6.45, 7) is 5.96. The Morgan fingerprint density at radius 2 is 2.14 bits per heavy atom. The molecular weight excluding hydrogens is 327 g/mol. The topological polar surface area (TPSA) is 67.4 Å². The van der Waals surface area contributed by atoms with Crippen molar-refractivity contribution in [3.63, 3.8) is 0 Å². The third-order valence-electron chi connectivity index (χ3n) is 3.27. The first-order chi connectivity index (χ1) is 10.4. The number of carbonyl (C=O) groups is 2. The molecule has 7 heteroatoms. The van der Waals surface area contributed by atoms with Crippen LogP contribution in [-0.2, 0) is 9.53 Å². The molecule has 0 radical (unpaired) electrons. The molecule has 0 saturated carbocycles. The smallest absolute Gasteiger partial charge is 0.319 e. The maximum absolute atomic E-state index is 12.3. The van der Waals surface area contributed by atoms with E-state index in [9.17, 15) is 9.59 Å². The molecule has 0 unspecified atom stereocenters. The Balaban J connectivity index is 2.36. The molecular formula is C15H16Cl2N2O3. The quantitative estimate of drug-likeness (QED) is 0.823. The number of urea groups is 1. The van der Waals surface area contributed by atoms with Gasteiger partial charge in [-0.3, -0.25) is 4.79 Å². The molecule has 1 aliphatic rings. The molecule has 1 aromatic rings. The van der Waals surface area contributed by atoms with Gasteiger partial charge in [-0.1, -0.05) is 42.8 Å². The van der Waals surface area contributed by atoms with Gasteiger partial charge in [0, 0.05) is 15.7 Å². The van der Waals surface area contributed by atoms with Crippen LogP contribution in [0.1, 0.15) is 24.9 Å². The van der Waals surface area contributed by atoms with E-state index in [0.29, 0.717) is 28.6 Å². The van der Waals surface area contributed by atoms with Gasteiger partial charge < -0.3 is 15.4 Å². The summed E-state index contributed by atoms with van der Waals surface area (Å²) in [6, 6.07) is 3.78. The van der Waals surface area contributed by atoms with E-state index in [1.807, 2.05) is 6.92 Å². The van der Waals surface area contributed by atoms with Gasteiger partial charge in [0.15, 0.2) is 0 Å². The fourth-order valence-corrected chi connectivity index (χ4v) is 2.79. The van der Waals surface area contributed by atoms with Gasteiger partial charge in [0.05, 0.1) is 12.6 Å². The predicted octanol–water partition coefficient (Wildman–Crippen LogP) is 3.43. The molecule has 0 aliphatic carbocycles. The zero-order valence-corrected chi connectivity index (χ0v) is 13.5. The lowest BCUT2D eigenvalue weighted by atomic mass is 9.89. The SMILES string of the molecule is C=C1NC(=O)N[C@H](c2ccc(Cl)cc2Cl)[C@H]1C(=O)OCCC. The first kappa shape index (κ1) is 16.6. The highest BCUT2D eigenvalue weighted by Crippen LogP contribution is 2.35. The zero-order valence-electron chi connectivity index (χ0n) is 12.0. The summed E-state index contributed by atoms with van der Waals surface area (Å²) in [6.07, 6.45) is 0.705. The minimum absolute atomic E-state index is 0.279. The van der Waals surface area contributed by atoms with Gasteiger partial charge in [0.2, 0.25) is 0 Å². The number of hydrogen-bond donors (Lipinski definition) is 2. The average molecular weight is 343 g/mol. The summed E-state index contributed by atoms with van der Waals surface area (Å²) in [5.41, 5.74) is 0.862. The number of ether oxygens (including phenoxy) is 1. The molecule has 0 bridgehead atoms. The number of nitrogens with one attached hydrogen (secondary N) is 2. The number of carbonyl (C=O) groups excluding carboxylic acids is 2. The Labute approximate surface area is 138 Å². The maximum Gasteiger partial charge on any atom is 0.319 e. The van der Waals surface area contributed by atoms with Crippen LogP contribution >= 0.6 is 23.2 Å². The van der Waals surface area contributed by atoms with Gasteiger partial charge in [-0.2, -0.15) is 0 Å². The fraction of sp³-hybridized carbons (Fsp3) is 0.333. The second kappa shape index (κ2) is 7.03. The van der Waals surface area contributed by atoms with Crippen molar-refractivity contribution >= 4 is 35.2 Å². The molecule has 2 amide bonds. The third-order valence-corrected chi connectivity index (χ3v) is 3.83. The third kappa shape index (κ3) is 3.54. The van der Waals surface area contributed by atoms with Gasteiger partial charge in [0.25, 0.3) is 0 Å². The molecule has 1 fully saturated rings. The van der Waals surface area contributed by atoms with E-state index >= 15 is 0 Å². The summed E-state index contributed by atoms with van der Waals surface area (Å²) < 4.78 is 5.19. The van der Waals surface area contributed by atoms with Crippen molar-refractivity contribution in [3.8, 4) is 0 Å². The van der Waals surface area contributed by atoms with Crippen LogP contribution < -0.4 is 10.6 Å². The van der Waals surface area contributed by atoms with E-state index in [1.54, 1.807) is 18.2 Å². The molecule has 2 N–H and O–H groups in total. The Morgan fingerprint density at radius 1 is 1.41 bits per heavy atom. The monoisotopic (exact) mass is 342 g/mol. The number of amides is 2. The first-order valence-corrected chi connectivity index (χ1v) is 7.57. The zero-order chi connectivity index (χ0) is 16.3. The van der Waals surface area contributed by atoms with E-state index in [4.69, 9.17) is 27.9 Å². The van der Waals surface area contributed by atoms with Gasteiger partial charge in [-0.25, -0.2) is 4.79 Å². The summed E-state index contributed by atoms with van der Waals surface area (Å²) >= 11 is 12.1. The summed E-state index contributed by atoms with van der Waals surface area (Å²) in [5, 5.41) is 6.03. The van der Waals surface area contributed by atoms with Crippen LogP contribution in [0.25, 0.3) is 0 Å². The summed E-state index contributed by atoms with van der Waals surface area (Å²) in [5.74, 6) is -1.22. The number of benzene rings is 1.